The van der Waals surface area contributed by atoms with Gasteiger partial charge in [0.05, 0.1) is 17.1 Å². The quantitative estimate of drug-likeness (QED) is 0.481. The molecule has 0 bridgehead atoms. The first-order valence-corrected chi connectivity index (χ1v) is 9.11. The van der Waals surface area contributed by atoms with Gasteiger partial charge in [-0.1, -0.05) is 36.1 Å². The molecule has 0 spiro atoms. The van der Waals surface area contributed by atoms with Gasteiger partial charge in [0.15, 0.2) is 0 Å². The summed E-state index contributed by atoms with van der Waals surface area (Å²) < 4.78 is 38.9. The van der Waals surface area contributed by atoms with Crippen molar-refractivity contribution in [2.45, 2.75) is 19.1 Å². The van der Waals surface area contributed by atoms with Crippen molar-refractivity contribution in [3.63, 3.8) is 0 Å². The second-order valence-electron chi connectivity index (χ2n) is 6.78. The molecule has 0 aliphatic carbocycles. The summed E-state index contributed by atoms with van der Waals surface area (Å²) in [6.45, 7) is 1.79. The molecule has 0 unspecified atom stereocenters. The second-order valence-corrected chi connectivity index (χ2v) is 6.78. The van der Waals surface area contributed by atoms with Gasteiger partial charge in [-0.05, 0) is 47.7 Å². The van der Waals surface area contributed by atoms with Gasteiger partial charge in [0.25, 0.3) is 0 Å². The van der Waals surface area contributed by atoms with Crippen molar-refractivity contribution < 1.29 is 69.7 Å². The van der Waals surface area contributed by atoms with Gasteiger partial charge in [-0.15, -0.1) is 0 Å². The van der Waals surface area contributed by atoms with Crippen LogP contribution in [0.2, 0.25) is 0 Å². The zero-order valence-corrected chi connectivity index (χ0v) is 19.9. The number of benzene rings is 2. The molecule has 0 aliphatic rings. The minimum atomic E-state index is -4.45. The van der Waals surface area contributed by atoms with Gasteiger partial charge in [-0.2, -0.15) is 13.2 Å². The summed E-state index contributed by atoms with van der Waals surface area (Å²) in [6.07, 6.45) is -1.36. The van der Waals surface area contributed by atoms with E-state index in [1.165, 1.54) is 18.3 Å². The summed E-state index contributed by atoms with van der Waals surface area (Å²) in [5, 5.41) is 16.9. The molecular weight excluding hydrogens is 432 g/mol. The van der Waals surface area contributed by atoms with Gasteiger partial charge in [-0.25, -0.2) is 9.97 Å². The molecule has 152 valence electrons. The molecule has 0 fully saturated rings. The van der Waals surface area contributed by atoms with Crippen LogP contribution in [0.25, 0.3) is 10.9 Å². The van der Waals surface area contributed by atoms with Crippen molar-refractivity contribution in [2.24, 2.45) is 0 Å². The first kappa shape index (κ1) is 23.6. The van der Waals surface area contributed by atoms with Crippen LogP contribution in [-0.2, 0) is 6.18 Å². The summed E-state index contributed by atoms with van der Waals surface area (Å²) in [5.74, 6) is -0.0430. The Morgan fingerprint density at radius 2 is 1.68 bits per heavy atom. The first-order valence-electron chi connectivity index (χ1n) is 9.11. The summed E-state index contributed by atoms with van der Waals surface area (Å²) in [6, 6.07) is 12.6. The number of alkyl halides is 3. The second kappa shape index (κ2) is 9.62. The van der Waals surface area contributed by atoms with Crippen molar-refractivity contribution in [3.05, 3.63) is 89.4 Å². The van der Waals surface area contributed by atoms with Gasteiger partial charge in [0.2, 0.25) is 5.95 Å². The molecule has 2 heterocycles. The predicted octanol–water partition coefficient (Wildman–Crippen LogP) is 1.63. The zero-order valence-electron chi connectivity index (χ0n) is 16.8. The molecule has 0 saturated carbocycles. The van der Waals surface area contributed by atoms with Gasteiger partial charge in [0.1, 0.15) is 0 Å². The Kier molecular flexibility index (Phi) is 7.33. The number of nitrogens with zero attached hydrogens (tertiary/aromatic N) is 3. The predicted molar refractivity (Wildman–Crippen MR) is 105 cm³/mol. The monoisotopic (exact) mass is 448 g/mol. The molecular formula is C22H16F3KN4O. The van der Waals surface area contributed by atoms with E-state index in [4.69, 9.17) is 0 Å². The maximum atomic E-state index is 13.1. The number of pyridine rings is 1. The van der Waals surface area contributed by atoms with E-state index in [-0.39, 0.29) is 63.1 Å². The maximum Gasteiger partial charge on any atom is 1.00 e. The van der Waals surface area contributed by atoms with Crippen molar-refractivity contribution >= 4 is 16.9 Å². The molecule has 4 aromatic rings. The Balaban J connectivity index is 0.00000272. The molecule has 2 aromatic carbocycles. The molecule has 1 atom stereocenters. The van der Waals surface area contributed by atoms with Crippen LogP contribution in [0.3, 0.4) is 0 Å². The van der Waals surface area contributed by atoms with E-state index in [1.807, 2.05) is 0 Å². The van der Waals surface area contributed by atoms with Crippen molar-refractivity contribution in [1.29, 1.82) is 0 Å². The van der Waals surface area contributed by atoms with Crippen LogP contribution in [-0.4, -0.2) is 15.0 Å². The zero-order chi connectivity index (χ0) is 21.3. The van der Waals surface area contributed by atoms with Crippen LogP contribution in [0.15, 0.2) is 67.0 Å². The molecule has 0 aliphatic heterocycles. The van der Waals surface area contributed by atoms with Crippen LogP contribution in [0, 0.1) is 6.92 Å². The number of fused-ring (bicyclic) bond motifs is 1. The fourth-order valence-corrected chi connectivity index (χ4v) is 3.21. The molecule has 0 radical (unpaired) electrons. The largest absolute Gasteiger partial charge is 1.00 e. The molecule has 0 saturated heterocycles. The first-order chi connectivity index (χ1) is 14.3. The maximum absolute atomic E-state index is 13.1. The summed E-state index contributed by atoms with van der Waals surface area (Å²) in [5.41, 5.74) is 1.05. The van der Waals surface area contributed by atoms with E-state index in [2.05, 4.69) is 20.3 Å². The van der Waals surface area contributed by atoms with Crippen LogP contribution in [0.5, 0.6) is 5.75 Å². The van der Waals surface area contributed by atoms with E-state index in [0.29, 0.717) is 27.7 Å². The summed E-state index contributed by atoms with van der Waals surface area (Å²) >= 11 is 0. The molecule has 2 aromatic heterocycles. The third-order valence-electron chi connectivity index (χ3n) is 4.71. The Morgan fingerprint density at radius 1 is 0.935 bits per heavy atom. The third-order valence-corrected chi connectivity index (χ3v) is 4.71. The van der Waals surface area contributed by atoms with Crippen LogP contribution in [0.1, 0.15) is 28.4 Å². The van der Waals surface area contributed by atoms with Gasteiger partial charge in [-0.3, -0.25) is 4.98 Å². The van der Waals surface area contributed by atoms with Crippen molar-refractivity contribution in [3.8, 4) is 5.75 Å². The molecule has 4 rings (SSSR count). The molecule has 9 heteroatoms. The average molecular weight is 448 g/mol. The molecule has 1 N–H and O–H groups in total. The molecule has 5 nitrogen and oxygen atoms in total. The number of hydrogen-bond donors (Lipinski definition) is 1. The van der Waals surface area contributed by atoms with Crippen molar-refractivity contribution in [1.82, 2.24) is 15.0 Å². The standard InChI is InChI=1S/C22H17F3N4O.K/c1-13-10-12-27-21(28-13)29-18(15-4-7-16(8-5-15)22(23,24)25)17-9-6-14-3-2-11-26-19(14)20(17)30;/h2-12,18,30H,1H3,(H,27,28,29);/q;+1/p-1/t18-;/m0./s1. The van der Waals surface area contributed by atoms with Gasteiger partial charge < -0.3 is 10.4 Å². The molecule has 0 amide bonds. The Hall–Kier alpha value is -2.04. The minimum absolute atomic E-state index is 0. The minimum Gasteiger partial charge on any atom is -0.871 e. The average Bonchev–Trinajstić information content (AvgIpc) is 2.72. The van der Waals surface area contributed by atoms with Crippen molar-refractivity contribution in [2.75, 3.05) is 5.32 Å². The van der Waals surface area contributed by atoms with E-state index in [9.17, 15) is 18.3 Å². The van der Waals surface area contributed by atoms with E-state index in [0.717, 1.165) is 12.1 Å². The van der Waals surface area contributed by atoms with Gasteiger partial charge in [0, 0.05) is 18.1 Å². The number of anilines is 1. The topological polar surface area (TPSA) is 73.8 Å². The Bertz CT molecular complexity index is 1200. The third kappa shape index (κ3) is 5.24. The van der Waals surface area contributed by atoms with E-state index >= 15 is 0 Å². The smallest absolute Gasteiger partial charge is 0.871 e. The van der Waals surface area contributed by atoms with Crippen LogP contribution >= 0.6 is 0 Å². The fraction of sp³-hybridized carbons (Fsp3) is 0.136. The fourth-order valence-electron chi connectivity index (χ4n) is 3.21. The van der Waals surface area contributed by atoms with Crippen LogP contribution < -0.4 is 61.8 Å². The SMILES string of the molecule is Cc1ccnc(N[C@@H](c2ccc(C(F)(F)F)cc2)c2ccc3cccnc3c2[O-])n1.[K+]. The number of rotatable bonds is 4. The number of hydrogen-bond acceptors (Lipinski definition) is 5. The summed E-state index contributed by atoms with van der Waals surface area (Å²) in [4.78, 5) is 12.6. The number of aromatic nitrogens is 3. The number of nitrogens with one attached hydrogen (secondary N) is 1. The van der Waals surface area contributed by atoms with E-state index in [1.54, 1.807) is 43.5 Å². The molecule has 31 heavy (non-hydrogen) atoms. The van der Waals surface area contributed by atoms with E-state index < -0.39 is 17.8 Å². The summed E-state index contributed by atoms with van der Waals surface area (Å²) in [7, 11) is 0. The number of aryl methyl sites for hydroxylation is 1. The normalized spacial score (nSPS) is 12.3. The van der Waals surface area contributed by atoms with Crippen LogP contribution in [0.4, 0.5) is 19.1 Å². The van der Waals surface area contributed by atoms with Gasteiger partial charge >= 0.3 is 57.6 Å². The Morgan fingerprint density at radius 3 is 2.35 bits per heavy atom. The number of halogens is 3. The Labute approximate surface area is 219 Å².